The van der Waals surface area contributed by atoms with Crippen LogP contribution in [0, 0.1) is 5.41 Å². The quantitative estimate of drug-likeness (QED) is 0.492. The monoisotopic (exact) mass is 514 g/mol. The van der Waals surface area contributed by atoms with Gasteiger partial charge in [-0.2, -0.15) is 4.98 Å². The van der Waals surface area contributed by atoms with Gasteiger partial charge in [-0.25, -0.2) is 9.78 Å². The van der Waals surface area contributed by atoms with Crippen LogP contribution in [0.3, 0.4) is 0 Å². The van der Waals surface area contributed by atoms with Crippen molar-refractivity contribution < 1.29 is 19.1 Å². The van der Waals surface area contributed by atoms with E-state index in [1.165, 1.54) is 0 Å². The first-order valence-electron chi connectivity index (χ1n) is 11.7. The molecule has 3 aliphatic rings. The number of rotatable bonds is 5. The zero-order valence-corrected chi connectivity index (χ0v) is 20.4. The van der Waals surface area contributed by atoms with Crippen molar-refractivity contribution in [3.63, 3.8) is 0 Å². The summed E-state index contributed by atoms with van der Waals surface area (Å²) in [6, 6.07) is 20.2. The summed E-state index contributed by atoms with van der Waals surface area (Å²) < 4.78 is 5.95. The van der Waals surface area contributed by atoms with Crippen LogP contribution in [0.1, 0.15) is 5.69 Å². The number of aromatic nitrogens is 2. The summed E-state index contributed by atoms with van der Waals surface area (Å²) >= 11 is 0.832. The first-order chi connectivity index (χ1) is 17.9. The zero-order chi connectivity index (χ0) is 25.4. The van der Waals surface area contributed by atoms with E-state index in [2.05, 4.69) is 20.6 Å². The molecule has 186 valence electrons. The Morgan fingerprint density at radius 3 is 2.38 bits per heavy atom. The lowest BCUT2D eigenvalue weighted by Crippen LogP contribution is -2.73. The summed E-state index contributed by atoms with van der Waals surface area (Å²) in [5.74, 6) is 0.962. The van der Waals surface area contributed by atoms with Crippen LogP contribution in [0.15, 0.2) is 71.6 Å². The highest BCUT2D eigenvalue weighted by Crippen LogP contribution is 2.41. The number of likely N-dealkylation sites (tertiary alicyclic amines) is 1. The standard InChI is InChI=1S/C26H22N6O4S/c33-22-20(37-25(35)30-22)11-18-12-21(36-19-9-5-2-6-10-19)29-23(27-18)31-13-26(14-31)15-32(16-26)24(34)28-17-7-3-1-4-8-17/h1-12H,13-16H2,(H,28,34)(H,30,33,35). The van der Waals surface area contributed by atoms with E-state index in [4.69, 9.17) is 4.74 Å². The van der Waals surface area contributed by atoms with Crippen LogP contribution in [0.2, 0.25) is 0 Å². The lowest BCUT2D eigenvalue weighted by Gasteiger charge is -2.59. The third-order valence-corrected chi connectivity index (χ3v) is 7.11. The summed E-state index contributed by atoms with van der Waals surface area (Å²) in [6.07, 6.45) is 1.56. The third-order valence-electron chi connectivity index (χ3n) is 6.30. The molecule has 1 aromatic heterocycles. The van der Waals surface area contributed by atoms with E-state index in [9.17, 15) is 14.4 Å². The molecule has 10 nitrogen and oxygen atoms in total. The molecule has 3 saturated heterocycles. The first-order valence-corrected chi connectivity index (χ1v) is 12.5. The molecule has 2 N–H and O–H groups in total. The molecule has 1 spiro atoms. The molecule has 3 aliphatic heterocycles. The largest absolute Gasteiger partial charge is 0.439 e. The topological polar surface area (TPSA) is 117 Å². The third kappa shape index (κ3) is 4.85. The molecule has 0 unspecified atom stereocenters. The minimum atomic E-state index is -0.452. The van der Waals surface area contributed by atoms with Crippen LogP contribution in [0.5, 0.6) is 11.6 Å². The van der Waals surface area contributed by atoms with Crippen molar-refractivity contribution in [2.45, 2.75) is 0 Å². The Hall–Kier alpha value is -4.38. The number of carbonyl (C=O) groups is 3. The fourth-order valence-corrected chi connectivity index (χ4v) is 5.27. The van der Waals surface area contributed by atoms with Gasteiger partial charge in [0, 0.05) is 43.3 Å². The lowest BCUT2D eigenvalue weighted by molar-refractivity contribution is -0.115. The van der Waals surface area contributed by atoms with Crippen LogP contribution in [-0.4, -0.2) is 58.2 Å². The van der Waals surface area contributed by atoms with Gasteiger partial charge in [0.25, 0.3) is 11.1 Å². The van der Waals surface area contributed by atoms with Crippen molar-refractivity contribution >= 4 is 46.7 Å². The summed E-state index contributed by atoms with van der Waals surface area (Å²) in [5.41, 5.74) is 1.23. The molecule has 0 atom stereocenters. The molecule has 0 radical (unpaired) electrons. The van der Waals surface area contributed by atoms with Gasteiger partial charge in [0.15, 0.2) is 0 Å². The van der Waals surface area contributed by atoms with Crippen molar-refractivity contribution in [1.29, 1.82) is 0 Å². The van der Waals surface area contributed by atoms with Gasteiger partial charge in [0.2, 0.25) is 11.8 Å². The maximum Gasteiger partial charge on any atom is 0.321 e. The molecule has 0 aliphatic carbocycles. The molecular weight excluding hydrogens is 492 g/mol. The minimum Gasteiger partial charge on any atom is -0.439 e. The average Bonchev–Trinajstić information content (AvgIpc) is 3.14. The lowest BCUT2D eigenvalue weighted by atomic mass is 9.73. The number of ether oxygens (including phenoxy) is 1. The first kappa shape index (κ1) is 23.0. The van der Waals surface area contributed by atoms with Crippen molar-refractivity contribution in [2.24, 2.45) is 5.41 Å². The summed E-state index contributed by atoms with van der Waals surface area (Å²) in [5, 5.41) is 4.75. The highest BCUT2D eigenvalue weighted by molar-refractivity contribution is 8.18. The summed E-state index contributed by atoms with van der Waals surface area (Å²) in [7, 11) is 0. The number of nitrogens with one attached hydrogen (secondary N) is 2. The minimum absolute atomic E-state index is 0.0000825. The van der Waals surface area contributed by atoms with E-state index in [1.807, 2.05) is 65.6 Å². The van der Waals surface area contributed by atoms with Crippen LogP contribution in [0.4, 0.5) is 21.2 Å². The number of anilines is 2. The maximum absolute atomic E-state index is 12.5. The number of benzene rings is 2. The van der Waals surface area contributed by atoms with Crippen molar-refractivity contribution in [2.75, 3.05) is 36.4 Å². The van der Waals surface area contributed by atoms with Gasteiger partial charge in [0.05, 0.1) is 10.6 Å². The van der Waals surface area contributed by atoms with E-state index in [0.717, 1.165) is 17.4 Å². The number of imide groups is 1. The maximum atomic E-state index is 12.5. The molecular formula is C26H22N6O4S. The number of urea groups is 1. The van der Waals surface area contributed by atoms with Crippen LogP contribution < -0.4 is 20.3 Å². The van der Waals surface area contributed by atoms with Gasteiger partial charge in [-0.3, -0.25) is 14.9 Å². The van der Waals surface area contributed by atoms with Gasteiger partial charge >= 0.3 is 6.03 Å². The van der Waals surface area contributed by atoms with E-state index in [1.54, 1.807) is 17.0 Å². The molecule has 4 amide bonds. The van der Waals surface area contributed by atoms with Gasteiger partial charge in [-0.1, -0.05) is 36.4 Å². The number of thioether (sulfide) groups is 1. The number of carbonyl (C=O) groups excluding carboxylic acids is 3. The highest BCUT2D eigenvalue weighted by Gasteiger charge is 2.54. The molecule has 6 rings (SSSR count). The molecule has 4 heterocycles. The Kier molecular flexibility index (Phi) is 5.76. The number of para-hydroxylation sites is 2. The zero-order valence-electron chi connectivity index (χ0n) is 19.6. The van der Waals surface area contributed by atoms with E-state index in [0.29, 0.717) is 49.5 Å². The number of hydrogen-bond donors (Lipinski definition) is 2. The SMILES string of the molecule is O=C1NC(=O)C(=Cc2cc(Oc3ccccc3)nc(N3CC4(CN(C(=O)Nc5ccccc5)C4)C3)n2)S1. The summed E-state index contributed by atoms with van der Waals surface area (Å²) in [6.45, 7) is 2.69. The fraction of sp³-hybridized carbons (Fsp3) is 0.192. The van der Waals surface area contributed by atoms with E-state index in [-0.39, 0.29) is 16.4 Å². The molecule has 2 aromatic carbocycles. The predicted molar refractivity (Wildman–Crippen MR) is 139 cm³/mol. The molecule has 3 aromatic rings. The van der Waals surface area contributed by atoms with Crippen molar-refractivity contribution in [3.8, 4) is 11.6 Å². The Balaban J connectivity index is 1.16. The van der Waals surface area contributed by atoms with E-state index >= 15 is 0 Å². The van der Waals surface area contributed by atoms with Crippen LogP contribution in [0.25, 0.3) is 6.08 Å². The normalized spacial score (nSPS) is 18.9. The van der Waals surface area contributed by atoms with Crippen LogP contribution >= 0.6 is 11.8 Å². The molecule has 0 bridgehead atoms. The Labute approximate surface area is 216 Å². The smallest absolute Gasteiger partial charge is 0.321 e. The predicted octanol–water partition coefficient (Wildman–Crippen LogP) is 3.95. The van der Waals surface area contributed by atoms with Gasteiger partial charge in [-0.15, -0.1) is 0 Å². The molecule has 11 heteroatoms. The Bertz CT molecular complexity index is 1400. The Morgan fingerprint density at radius 1 is 1.00 bits per heavy atom. The number of amides is 4. The second-order valence-corrected chi connectivity index (χ2v) is 10.2. The van der Waals surface area contributed by atoms with Crippen molar-refractivity contribution in [3.05, 3.63) is 77.3 Å². The average molecular weight is 515 g/mol. The molecule has 0 saturated carbocycles. The van der Waals surface area contributed by atoms with E-state index < -0.39 is 11.1 Å². The van der Waals surface area contributed by atoms with Gasteiger partial charge < -0.3 is 19.9 Å². The Morgan fingerprint density at radius 2 is 1.70 bits per heavy atom. The second kappa shape index (κ2) is 9.25. The van der Waals surface area contributed by atoms with Gasteiger partial charge in [0.1, 0.15) is 5.75 Å². The van der Waals surface area contributed by atoms with Crippen molar-refractivity contribution in [1.82, 2.24) is 20.2 Å². The number of nitrogens with zero attached hydrogens (tertiary/aromatic N) is 4. The second-order valence-electron chi connectivity index (χ2n) is 9.21. The fourth-order valence-electron chi connectivity index (χ4n) is 4.60. The highest BCUT2D eigenvalue weighted by atomic mass is 32.2. The summed E-state index contributed by atoms with van der Waals surface area (Å²) in [4.78, 5) is 49.4. The molecule has 37 heavy (non-hydrogen) atoms. The van der Waals surface area contributed by atoms with Crippen LogP contribution in [-0.2, 0) is 4.79 Å². The molecule has 3 fully saturated rings. The van der Waals surface area contributed by atoms with Gasteiger partial charge in [-0.05, 0) is 42.1 Å². The number of hydrogen-bond acceptors (Lipinski definition) is 8.